The summed E-state index contributed by atoms with van der Waals surface area (Å²) in [5.74, 6) is 1.72. The van der Waals surface area contributed by atoms with E-state index in [0.717, 1.165) is 11.8 Å². The van der Waals surface area contributed by atoms with Gasteiger partial charge in [-0.25, -0.2) is 0 Å². The van der Waals surface area contributed by atoms with E-state index in [2.05, 4.69) is 37.3 Å². The van der Waals surface area contributed by atoms with Crippen LogP contribution in [0.2, 0.25) is 0 Å². The molecule has 0 aliphatic heterocycles. The van der Waals surface area contributed by atoms with Crippen LogP contribution in [-0.4, -0.2) is 0 Å². The van der Waals surface area contributed by atoms with Gasteiger partial charge in [0, 0.05) is 0 Å². The quantitative estimate of drug-likeness (QED) is 0.590. The Hall–Kier alpha value is -1.04. The topological polar surface area (TPSA) is 0 Å². The van der Waals surface area contributed by atoms with Crippen molar-refractivity contribution in [1.82, 2.24) is 0 Å². The predicted octanol–water partition coefficient (Wildman–Crippen LogP) is 4.29. The Morgan fingerprint density at radius 2 is 1.87 bits per heavy atom. The molecular weight excluding hydrogens is 180 g/mol. The maximum Gasteiger partial charge on any atom is -0.00588 e. The van der Waals surface area contributed by atoms with Crippen LogP contribution in [0.25, 0.3) is 0 Å². The smallest absolute Gasteiger partial charge is 0.00588 e. The first-order valence-electron chi connectivity index (χ1n) is 6.09. The lowest BCUT2D eigenvalue weighted by molar-refractivity contribution is 0.314. The Labute approximate surface area is 92.0 Å². The van der Waals surface area contributed by atoms with E-state index in [1.165, 1.54) is 25.7 Å². The molecule has 2 aliphatic carbocycles. The Morgan fingerprint density at radius 1 is 1.07 bits per heavy atom. The molecule has 0 heteroatoms. The highest BCUT2D eigenvalue weighted by atomic mass is 14.4. The van der Waals surface area contributed by atoms with Gasteiger partial charge in [0.2, 0.25) is 0 Å². The monoisotopic (exact) mass is 198 g/mol. The van der Waals surface area contributed by atoms with Crippen molar-refractivity contribution in [3.63, 3.8) is 0 Å². The molecule has 1 aromatic carbocycles. The summed E-state index contributed by atoms with van der Waals surface area (Å²) in [7, 11) is 0. The van der Waals surface area contributed by atoms with Crippen molar-refractivity contribution >= 4 is 0 Å². The van der Waals surface area contributed by atoms with Crippen LogP contribution in [0, 0.1) is 5.92 Å². The molecular formula is C15H18. The largest absolute Gasteiger partial charge is 0.0738 e. The molecule has 0 saturated heterocycles. The number of hydrogen-bond acceptors (Lipinski definition) is 0. The van der Waals surface area contributed by atoms with Crippen molar-refractivity contribution in [3.8, 4) is 0 Å². The molecule has 1 fully saturated rings. The summed E-state index contributed by atoms with van der Waals surface area (Å²) in [6, 6.07) is 11.1. The van der Waals surface area contributed by atoms with E-state index in [4.69, 9.17) is 0 Å². The Morgan fingerprint density at radius 3 is 2.67 bits per heavy atom. The van der Waals surface area contributed by atoms with Gasteiger partial charge in [0.25, 0.3) is 0 Å². The van der Waals surface area contributed by atoms with E-state index in [1.54, 1.807) is 16.7 Å². The maximum atomic E-state index is 2.34. The molecule has 15 heavy (non-hydrogen) atoms. The molecule has 3 rings (SSSR count). The summed E-state index contributed by atoms with van der Waals surface area (Å²) < 4.78 is 0. The number of hydrogen-bond donors (Lipinski definition) is 0. The number of allylic oxidation sites excluding steroid dienone is 2. The molecule has 1 aromatic rings. The standard InChI is InChI=1S/C15H18/c1-11-6-5-9-13-14(11)10-15(13)12-7-3-2-4-8-12/h2-4,7-8,13,15H,5-6,9-10H2,1H3. The lowest BCUT2D eigenvalue weighted by Crippen LogP contribution is -2.30. The van der Waals surface area contributed by atoms with Crippen LogP contribution in [0.1, 0.15) is 44.1 Å². The van der Waals surface area contributed by atoms with E-state index in [9.17, 15) is 0 Å². The van der Waals surface area contributed by atoms with Gasteiger partial charge in [0.1, 0.15) is 0 Å². The highest BCUT2D eigenvalue weighted by Crippen LogP contribution is 2.53. The van der Waals surface area contributed by atoms with E-state index in [-0.39, 0.29) is 0 Å². The van der Waals surface area contributed by atoms with Crippen LogP contribution in [0.4, 0.5) is 0 Å². The van der Waals surface area contributed by atoms with E-state index < -0.39 is 0 Å². The summed E-state index contributed by atoms with van der Waals surface area (Å²) >= 11 is 0. The Bertz CT molecular complexity index is 386. The summed E-state index contributed by atoms with van der Waals surface area (Å²) in [6.07, 6.45) is 5.52. The fraction of sp³-hybridized carbons (Fsp3) is 0.467. The minimum absolute atomic E-state index is 0.830. The van der Waals surface area contributed by atoms with E-state index >= 15 is 0 Å². The Balaban J connectivity index is 1.86. The molecule has 2 aliphatic rings. The van der Waals surface area contributed by atoms with Gasteiger partial charge in [-0.15, -0.1) is 0 Å². The van der Waals surface area contributed by atoms with Crippen molar-refractivity contribution in [2.75, 3.05) is 0 Å². The van der Waals surface area contributed by atoms with E-state index in [1.807, 2.05) is 0 Å². The van der Waals surface area contributed by atoms with Gasteiger partial charge < -0.3 is 0 Å². The van der Waals surface area contributed by atoms with Crippen LogP contribution in [0.15, 0.2) is 41.5 Å². The van der Waals surface area contributed by atoms with Crippen LogP contribution >= 0.6 is 0 Å². The zero-order chi connectivity index (χ0) is 10.3. The van der Waals surface area contributed by atoms with Crippen LogP contribution < -0.4 is 0 Å². The summed E-state index contributed by atoms with van der Waals surface area (Å²) in [4.78, 5) is 0. The second-order valence-electron chi connectivity index (χ2n) is 5.03. The number of benzene rings is 1. The molecule has 0 bridgehead atoms. The molecule has 0 heterocycles. The maximum absolute atomic E-state index is 2.34. The van der Waals surface area contributed by atoms with Crippen LogP contribution in [-0.2, 0) is 0 Å². The summed E-state index contributed by atoms with van der Waals surface area (Å²) in [6.45, 7) is 2.34. The van der Waals surface area contributed by atoms with Crippen molar-refractivity contribution in [1.29, 1.82) is 0 Å². The number of rotatable bonds is 1. The van der Waals surface area contributed by atoms with Crippen molar-refractivity contribution in [2.24, 2.45) is 5.92 Å². The zero-order valence-corrected chi connectivity index (χ0v) is 9.37. The zero-order valence-electron chi connectivity index (χ0n) is 9.37. The van der Waals surface area contributed by atoms with Gasteiger partial charge >= 0.3 is 0 Å². The predicted molar refractivity (Wildman–Crippen MR) is 63.8 cm³/mol. The van der Waals surface area contributed by atoms with Gasteiger partial charge in [-0.05, 0) is 50.0 Å². The lowest BCUT2D eigenvalue weighted by Gasteiger charge is -2.44. The van der Waals surface area contributed by atoms with Gasteiger partial charge in [-0.2, -0.15) is 0 Å². The molecule has 2 unspecified atom stereocenters. The third-order valence-corrected chi connectivity index (χ3v) is 4.22. The second kappa shape index (κ2) is 3.52. The highest BCUT2D eigenvalue weighted by molar-refractivity contribution is 5.36. The third-order valence-electron chi connectivity index (χ3n) is 4.22. The first-order chi connectivity index (χ1) is 7.36. The highest BCUT2D eigenvalue weighted by Gasteiger charge is 2.38. The fourth-order valence-corrected chi connectivity index (χ4v) is 3.28. The molecule has 2 atom stereocenters. The van der Waals surface area contributed by atoms with Gasteiger partial charge in [0.15, 0.2) is 0 Å². The van der Waals surface area contributed by atoms with Crippen molar-refractivity contribution < 1.29 is 0 Å². The normalized spacial score (nSPS) is 29.7. The first-order valence-corrected chi connectivity index (χ1v) is 6.09. The third kappa shape index (κ3) is 1.43. The van der Waals surface area contributed by atoms with Crippen LogP contribution in [0.3, 0.4) is 0 Å². The SMILES string of the molecule is CC1=C2CC(c3ccccc3)C2CCC1. The second-order valence-corrected chi connectivity index (χ2v) is 5.03. The van der Waals surface area contributed by atoms with Gasteiger partial charge in [0.05, 0.1) is 0 Å². The average Bonchev–Trinajstić information content (AvgIpc) is 2.23. The summed E-state index contributed by atoms with van der Waals surface area (Å²) in [5.41, 5.74) is 5.04. The molecule has 0 amide bonds. The van der Waals surface area contributed by atoms with Crippen molar-refractivity contribution in [3.05, 3.63) is 47.0 Å². The molecule has 0 N–H and O–H groups in total. The number of fused-ring (bicyclic) bond motifs is 1. The lowest BCUT2D eigenvalue weighted by atomic mass is 9.60. The van der Waals surface area contributed by atoms with E-state index in [0.29, 0.717) is 0 Å². The first kappa shape index (κ1) is 9.21. The minimum Gasteiger partial charge on any atom is -0.0738 e. The molecule has 0 radical (unpaired) electrons. The Kier molecular flexibility index (Phi) is 2.16. The van der Waals surface area contributed by atoms with Gasteiger partial charge in [-0.3, -0.25) is 0 Å². The molecule has 0 spiro atoms. The van der Waals surface area contributed by atoms with Crippen molar-refractivity contribution in [2.45, 2.75) is 38.5 Å². The van der Waals surface area contributed by atoms with Gasteiger partial charge in [-0.1, -0.05) is 41.5 Å². The molecule has 0 aromatic heterocycles. The summed E-state index contributed by atoms with van der Waals surface area (Å²) in [5, 5.41) is 0. The molecule has 0 nitrogen and oxygen atoms in total. The van der Waals surface area contributed by atoms with Crippen LogP contribution in [0.5, 0.6) is 0 Å². The molecule has 1 saturated carbocycles. The minimum atomic E-state index is 0.830. The average molecular weight is 198 g/mol. The fourth-order valence-electron chi connectivity index (χ4n) is 3.28. The molecule has 78 valence electrons.